The van der Waals surface area contributed by atoms with Crippen LogP contribution in [0, 0.1) is 5.82 Å². The van der Waals surface area contributed by atoms with Crippen molar-refractivity contribution in [1.82, 2.24) is 0 Å². The Labute approximate surface area is 124 Å². The molecule has 2 atom stereocenters. The van der Waals surface area contributed by atoms with Crippen LogP contribution in [0.25, 0.3) is 0 Å². The van der Waals surface area contributed by atoms with Crippen molar-refractivity contribution in [3.05, 3.63) is 23.0 Å². The molecule has 0 bridgehead atoms. The number of carbonyl (C=O) groups is 1. The van der Waals surface area contributed by atoms with Gasteiger partial charge in [-0.1, -0.05) is 11.6 Å². The van der Waals surface area contributed by atoms with Crippen LogP contribution in [0.3, 0.4) is 0 Å². The second-order valence-corrected chi connectivity index (χ2v) is 5.94. The van der Waals surface area contributed by atoms with Gasteiger partial charge in [0.1, 0.15) is 5.02 Å². The summed E-state index contributed by atoms with van der Waals surface area (Å²) in [5.74, 6) is -2.94. The van der Waals surface area contributed by atoms with Gasteiger partial charge < -0.3 is 10.4 Å². The number of alkyl halides is 3. The summed E-state index contributed by atoms with van der Waals surface area (Å²) in [5.41, 5.74) is -4.14. The molecule has 10 heteroatoms. The van der Waals surface area contributed by atoms with Crippen LogP contribution >= 0.6 is 11.6 Å². The van der Waals surface area contributed by atoms with E-state index in [1.54, 1.807) is 5.32 Å². The number of aliphatic hydroxyl groups is 1. The number of nitrogens with one attached hydrogen (secondary N) is 1. The predicted octanol–water partition coefficient (Wildman–Crippen LogP) is 2.47. The summed E-state index contributed by atoms with van der Waals surface area (Å²) < 4.78 is 62.3. The Hall–Kier alpha value is -1.19. The molecular weight excluding hydrogens is 338 g/mol. The van der Waals surface area contributed by atoms with Crippen molar-refractivity contribution in [3.63, 3.8) is 0 Å². The lowest BCUT2D eigenvalue weighted by molar-refractivity contribution is -0.242. The summed E-state index contributed by atoms with van der Waals surface area (Å²) >= 11 is 5.56. The maximum Gasteiger partial charge on any atom is 0.426 e. The van der Waals surface area contributed by atoms with Gasteiger partial charge in [-0.2, -0.15) is 13.2 Å². The molecule has 1 rings (SSSR count). The minimum atomic E-state index is -5.22. The Morgan fingerprint density at radius 1 is 1.38 bits per heavy atom. The average Bonchev–Trinajstić information content (AvgIpc) is 2.33. The summed E-state index contributed by atoms with van der Waals surface area (Å²) in [4.78, 5) is 11.2. The fourth-order valence-electron chi connectivity index (χ4n) is 1.22. The van der Waals surface area contributed by atoms with E-state index in [0.717, 1.165) is 12.1 Å². The highest BCUT2D eigenvalue weighted by atomic mass is 35.5. The molecule has 21 heavy (non-hydrogen) atoms. The highest BCUT2D eigenvalue weighted by Gasteiger charge is 2.55. The zero-order chi connectivity index (χ0) is 16.6. The van der Waals surface area contributed by atoms with Gasteiger partial charge in [0.05, 0.1) is 21.4 Å². The topological polar surface area (TPSA) is 66.4 Å². The Morgan fingerprint density at radius 3 is 2.33 bits per heavy atom. The largest absolute Gasteiger partial charge is 0.426 e. The molecule has 0 aliphatic carbocycles. The number of anilines is 1. The summed E-state index contributed by atoms with van der Waals surface area (Å²) in [6.45, 7) is 0.252. The van der Waals surface area contributed by atoms with Gasteiger partial charge in [0.25, 0.3) is 5.91 Å². The highest BCUT2D eigenvalue weighted by molar-refractivity contribution is 7.84. The Bertz CT molecular complexity index is 604. The van der Waals surface area contributed by atoms with Gasteiger partial charge in [0.2, 0.25) is 5.60 Å². The van der Waals surface area contributed by atoms with E-state index in [-0.39, 0.29) is 11.8 Å². The van der Waals surface area contributed by atoms with E-state index in [4.69, 9.17) is 16.7 Å². The second-order valence-electron chi connectivity index (χ2n) is 4.22. The molecule has 0 aliphatic rings. The third kappa shape index (κ3) is 3.53. The van der Waals surface area contributed by atoms with Crippen molar-refractivity contribution < 1.29 is 31.7 Å². The summed E-state index contributed by atoms with van der Waals surface area (Å²) in [7, 11) is -1.70. The van der Waals surface area contributed by atoms with Gasteiger partial charge in [0, 0.05) is 6.26 Å². The monoisotopic (exact) mass is 347 g/mol. The normalized spacial score (nSPS) is 16.2. The number of benzene rings is 1. The summed E-state index contributed by atoms with van der Waals surface area (Å²) in [6.07, 6.45) is -4.03. The van der Waals surface area contributed by atoms with Crippen LogP contribution in [0.5, 0.6) is 0 Å². The lowest BCUT2D eigenvalue weighted by Crippen LogP contribution is -2.52. The SMILES string of the molecule is CS(=O)c1ccc(NC(=O)[C@@](C)(O)C(F)(F)F)c(Cl)c1F. The van der Waals surface area contributed by atoms with Gasteiger partial charge in [-0.25, -0.2) is 4.39 Å². The molecule has 2 N–H and O–H groups in total. The molecule has 118 valence electrons. The van der Waals surface area contributed by atoms with Crippen LogP contribution in [0.2, 0.25) is 5.02 Å². The molecule has 0 heterocycles. The highest BCUT2D eigenvalue weighted by Crippen LogP contribution is 2.33. The number of halogens is 5. The number of amides is 1. The first-order valence-electron chi connectivity index (χ1n) is 5.31. The predicted molar refractivity (Wildman–Crippen MR) is 69.1 cm³/mol. The van der Waals surface area contributed by atoms with Crippen molar-refractivity contribution in [2.45, 2.75) is 23.6 Å². The van der Waals surface area contributed by atoms with Gasteiger partial charge in [0.15, 0.2) is 5.82 Å². The maximum atomic E-state index is 13.7. The molecule has 0 aliphatic heterocycles. The Kier molecular flexibility index (Phi) is 5.01. The van der Waals surface area contributed by atoms with Gasteiger partial charge in [-0.05, 0) is 19.1 Å². The van der Waals surface area contributed by atoms with Crippen LogP contribution in [0.1, 0.15) is 6.92 Å². The molecule has 0 saturated carbocycles. The Balaban J connectivity index is 3.14. The summed E-state index contributed by atoms with van der Waals surface area (Å²) in [5, 5.41) is 10.1. The lowest BCUT2D eigenvalue weighted by Gasteiger charge is -2.25. The molecule has 1 aromatic rings. The number of carbonyl (C=O) groups excluding carboxylic acids is 1. The van der Waals surface area contributed by atoms with Crippen LogP contribution in [0.4, 0.5) is 23.2 Å². The molecule has 1 aromatic carbocycles. The summed E-state index contributed by atoms with van der Waals surface area (Å²) in [6, 6.07) is 2.00. The van der Waals surface area contributed by atoms with E-state index < -0.39 is 45.0 Å². The maximum absolute atomic E-state index is 13.7. The standard InChI is InChI=1S/C11H10ClF4NO3S/c1-10(19,11(14,15)16)9(18)17-5-3-4-6(21(2)20)8(13)7(5)12/h3-4,19H,1-2H3,(H,17,18)/t10-,21?/m1/s1. The van der Waals surface area contributed by atoms with E-state index in [2.05, 4.69) is 0 Å². The molecule has 0 fully saturated rings. The van der Waals surface area contributed by atoms with E-state index in [1.807, 2.05) is 0 Å². The van der Waals surface area contributed by atoms with E-state index >= 15 is 0 Å². The van der Waals surface area contributed by atoms with Crippen molar-refractivity contribution in [1.29, 1.82) is 0 Å². The molecule has 0 aromatic heterocycles. The fourth-order valence-corrected chi connectivity index (χ4v) is 2.11. The van der Waals surface area contributed by atoms with Crippen LogP contribution < -0.4 is 5.32 Å². The smallest absolute Gasteiger partial charge is 0.373 e. The van der Waals surface area contributed by atoms with Crippen molar-refractivity contribution >= 4 is 34.0 Å². The molecule has 0 radical (unpaired) electrons. The van der Waals surface area contributed by atoms with Crippen molar-refractivity contribution in [2.24, 2.45) is 0 Å². The van der Waals surface area contributed by atoms with Gasteiger partial charge >= 0.3 is 6.18 Å². The van der Waals surface area contributed by atoms with Crippen molar-refractivity contribution in [2.75, 3.05) is 11.6 Å². The molecule has 0 saturated heterocycles. The Morgan fingerprint density at radius 2 is 1.90 bits per heavy atom. The molecule has 4 nitrogen and oxygen atoms in total. The zero-order valence-electron chi connectivity index (χ0n) is 10.7. The molecule has 1 amide bonds. The number of rotatable bonds is 3. The third-order valence-electron chi connectivity index (χ3n) is 2.60. The minimum absolute atomic E-state index is 0.252. The molecule has 1 unspecified atom stereocenters. The van der Waals surface area contributed by atoms with Crippen molar-refractivity contribution in [3.8, 4) is 0 Å². The first kappa shape index (κ1) is 17.9. The second kappa shape index (κ2) is 5.90. The number of hydrogen-bond donors (Lipinski definition) is 2. The molecule has 0 spiro atoms. The average molecular weight is 348 g/mol. The van der Waals surface area contributed by atoms with E-state index in [1.165, 1.54) is 6.26 Å². The van der Waals surface area contributed by atoms with E-state index in [0.29, 0.717) is 0 Å². The third-order valence-corrected chi connectivity index (χ3v) is 3.90. The van der Waals surface area contributed by atoms with Crippen LogP contribution in [-0.2, 0) is 15.6 Å². The molecular formula is C11H10ClF4NO3S. The number of hydrogen-bond acceptors (Lipinski definition) is 3. The van der Waals surface area contributed by atoms with Crippen LogP contribution in [0.15, 0.2) is 17.0 Å². The zero-order valence-corrected chi connectivity index (χ0v) is 12.3. The first-order valence-corrected chi connectivity index (χ1v) is 7.25. The van der Waals surface area contributed by atoms with E-state index in [9.17, 15) is 26.6 Å². The minimum Gasteiger partial charge on any atom is -0.373 e. The quantitative estimate of drug-likeness (QED) is 0.825. The first-order chi connectivity index (χ1) is 9.39. The van der Waals surface area contributed by atoms with Crippen LogP contribution in [-0.4, -0.2) is 33.3 Å². The fraction of sp³-hybridized carbons (Fsp3) is 0.364. The van der Waals surface area contributed by atoms with Gasteiger partial charge in [-0.15, -0.1) is 0 Å². The lowest BCUT2D eigenvalue weighted by atomic mass is 10.1. The van der Waals surface area contributed by atoms with Gasteiger partial charge in [-0.3, -0.25) is 9.00 Å².